The van der Waals surface area contributed by atoms with Gasteiger partial charge >= 0.3 is 17.9 Å². The van der Waals surface area contributed by atoms with E-state index >= 15 is 0 Å². The van der Waals surface area contributed by atoms with Crippen LogP contribution in [0.1, 0.15) is 233 Å². The standard InChI is InChI=1S/C70H108O6/c1-4-7-10-13-16-19-22-25-28-30-32-34-35-37-38-40-42-45-48-51-54-57-60-63-69(72)75-66-67(65-74-68(71)62-59-56-53-50-47-44-27-24-21-18-15-12-9-6-3)76-70(73)64-61-58-55-52-49-46-43-41-39-36-33-31-29-26-23-20-17-14-11-8-5-2/h7-8,10-11,15-20,24-29,32-34,36-38,41-43,45,49,52,67H,4-6,9,12-14,21-23,30-31,35,39-40,44,46-48,50-51,53-66H2,1-3H3/b10-7-,11-8-,18-15-,19-16-,20-17-,27-24-,28-25-,29-26-,34-32-,36-33-,38-37-,43-41-,45-42-,52-49-. The van der Waals surface area contributed by atoms with E-state index in [9.17, 15) is 14.4 Å². The van der Waals surface area contributed by atoms with Gasteiger partial charge in [0, 0.05) is 19.3 Å². The zero-order valence-electron chi connectivity index (χ0n) is 48.4. The molecular formula is C70H108O6. The van der Waals surface area contributed by atoms with Crippen LogP contribution in [0.3, 0.4) is 0 Å². The van der Waals surface area contributed by atoms with E-state index in [1.54, 1.807) is 0 Å². The molecule has 0 bridgehead atoms. The predicted octanol–water partition coefficient (Wildman–Crippen LogP) is 20.7. The molecule has 1 atom stereocenters. The molecule has 0 heterocycles. The van der Waals surface area contributed by atoms with Crippen molar-refractivity contribution in [1.82, 2.24) is 0 Å². The lowest BCUT2D eigenvalue weighted by molar-refractivity contribution is -0.167. The third-order valence-corrected chi connectivity index (χ3v) is 11.9. The molecule has 0 saturated carbocycles. The van der Waals surface area contributed by atoms with Crippen LogP contribution in [0.2, 0.25) is 0 Å². The van der Waals surface area contributed by atoms with Crippen LogP contribution in [-0.4, -0.2) is 37.2 Å². The predicted molar refractivity (Wildman–Crippen MR) is 329 cm³/mol. The maximum atomic E-state index is 12.9. The van der Waals surface area contributed by atoms with Gasteiger partial charge in [0.25, 0.3) is 0 Å². The van der Waals surface area contributed by atoms with Crippen LogP contribution in [0.25, 0.3) is 0 Å². The Morgan fingerprint density at radius 1 is 0.276 bits per heavy atom. The van der Waals surface area contributed by atoms with Gasteiger partial charge in [-0.25, -0.2) is 0 Å². The lowest BCUT2D eigenvalue weighted by Gasteiger charge is -2.18. The summed E-state index contributed by atoms with van der Waals surface area (Å²) in [5.41, 5.74) is 0. The molecule has 0 aliphatic carbocycles. The van der Waals surface area contributed by atoms with Crippen molar-refractivity contribution in [3.63, 3.8) is 0 Å². The van der Waals surface area contributed by atoms with Crippen molar-refractivity contribution >= 4 is 17.9 Å². The molecule has 0 fully saturated rings. The number of unbranched alkanes of at least 4 members (excludes halogenated alkanes) is 13. The SMILES string of the molecule is CC/C=C\C/C=C\C/C=C\C/C=C\C/C=C\C/C=C\CCCCCCC(=O)OCC(COC(=O)CCCCCCC/C=C\C/C=C\CCCC)OC(=O)CCCC/C=C\C/C=C\C/C=C\C/C=C\C/C=C\C/C=C\CC. The van der Waals surface area contributed by atoms with Gasteiger partial charge in [0.2, 0.25) is 0 Å². The molecule has 6 nitrogen and oxygen atoms in total. The molecule has 0 aromatic carbocycles. The van der Waals surface area contributed by atoms with Gasteiger partial charge in [-0.15, -0.1) is 0 Å². The Bertz CT molecular complexity index is 1770. The molecular weight excluding hydrogens is 937 g/mol. The second-order valence-electron chi connectivity index (χ2n) is 19.1. The smallest absolute Gasteiger partial charge is 0.306 e. The highest BCUT2D eigenvalue weighted by molar-refractivity contribution is 5.71. The van der Waals surface area contributed by atoms with Crippen molar-refractivity contribution in [2.24, 2.45) is 0 Å². The third-order valence-electron chi connectivity index (χ3n) is 11.9. The molecule has 0 amide bonds. The van der Waals surface area contributed by atoms with Gasteiger partial charge in [-0.1, -0.05) is 236 Å². The summed E-state index contributed by atoms with van der Waals surface area (Å²) < 4.78 is 16.8. The van der Waals surface area contributed by atoms with Crippen molar-refractivity contribution < 1.29 is 28.6 Å². The molecule has 424 valence electrons. The molecule has 0 aliphatic rings. The maximum absolute atomic E-state index is 12.9. The van der Waals surface area contributed by atoms with Crippen molar-refractivity contribution in [3.05, 3.63) is 170 Å². The average molecular weight is 1050 g/mol. The summed E-state index contributed by atoms with van der Waals surface area (Å²) in [6.07, 6.45) is 92.0. The van der Waals surface area contributed by atoms with Crippen LogP contribution < -0.4 is 0 Å². The van der Waals surface area contributed by atoms with Crippen molar-refractivity contribution in [1.29, 1.82) is 0 Å². The molecule has 76 heavy (non-hydrogen) atoms. The average Bonchev–Trinajstić information content (AvgIpc) is 3.42. The van der Waals surface area contributed by atoms with Gasteiger partial charge in [0.1, 0.15) is 13.2 Å². The first-order valence-corrected chi connectivity index (χ1v) is 30.1. The summed E-state index contributed by atoms with van der Waals surface area (Å²) in [6.45, 7) is 6.28. The molecule has 0 rings (SSSR count). The summed E-state index contributed by atoms with van der Waals surface area (Å²) in [5.74, 6) is -1.01. The zero-order valence-corrected chi connectivity index (χ0v) is 48.4. The minimum absolute atomic E-state index is 0.120. The minimum Gasteiger partial charge on any atom is -0.462 e. The molecule has 0 N–H and O–H groups in total. The molecule has 6 heteroatoms. The Kier molecular flexibility index (Phi) is 58.0. The van der Waals surface area contributed by atoms with E-state index in [4.69, 9.17) is 14.2 Å². The van der Waals surface area contributed by atoms with Crippen LogP contribution in [0.5, 0.6) is 0 Å². The zero-order chi connectivity index (χ0) is 55.0. The van der Waals surface area contributed by atoms with Crippen LogP contribution >= 0.6 is 0 Å². The summed E-state index contributed by atoms with van der Waals surface area (Å²) >= 11 is 0. The number of rotatable bonds is 52. The second-order valence-corrected chi connectivity index (χ2v) is 19.1. The van der Waals surface area contributed by atoms with Gasteiger partial charge in [-0.2, -0.15) is 0 Å². The molecule has 0 aliphatic heterocycles. The first-order valence-electron chi connectivity index (χ1n) is 30.1. The minimum atomic E-state index is -0.829. The van der Waals surface area contributed by atoms with Gasteiger partial charge in [0.15, 0.2) is 6.10 Å². The van der Waals surface area contributed by atoms with Crippen molar-refractivity contribution in [3.8, 4) is 0 Å². The highest BCUT2D eigenvalue weighted by atomic mass is 16.6. The molecule has 0 aromatic heterocycles. The number of hydrogen-bond donors (Lipinski definition) is 0. The fourth-order valence-electron chi connectivity index (χ4n) is 7.46. The lowest BCUT2D eigenvalue weighted by Crippen LogP contribution is -2.30. The highest BCUT2D eigenvalue weighted by Crippen LogP contribution is 2.12. The van der Waals surface area contributed by atoms with Gasteiger partial charge in [0.05, 0.1) is 0 Å². The Balaban J connectivity index is 4.56. The Labute approximate surface area is 466 Å². The van der Waals surface area contributed by atoms with Crippen molar-refractivity contribution in [2.75, 3.05) is 13.2 Å². The summed E-state index contributed by atoms with van der Waals surface area (Å²) in [4.78, 5) is 38.2. The van der Waals surface area contributed by atoms with Crippen LogP contribution in [0.4, 0.5) is 0 Å². The van der Waals surface area contributed by atoms with Gasteiger partial charge < -0.3 is 14.2 Å². The maximum Gasteiger partial charge on any atom is 0.306 e. The number of carbonyl (C=O) groups excluding carboxylic acids is 3. The van der Waals surface area contributed by atoms with E-state index in [0.717, 1.165) is 167 Å². The number of allylic oxidation sites excluding steroid dienone is 28. The second kappa shape index (κ2) is 62.3. The highest BCUT2D eigenvalue weighted by Gasteiger charge is 2.19. The fraction of sp³-hybridized carbons (Fsp3) is 0.557. The quantitative estimate of drug-likeness (QED) is 0.0261. The molecule has 0 spiro atoms. The largest absolute Gasteiger partial charge is 0.462 e. The third kappa shape index (κ3) is 59.6. The van der Waals surface area contributed by atoms with E-state index in [-0.39, 0.29) is 37.5 Å². The number of hydrogen-bond acceptors (Lipinski definition) is 6. The van der Waals surface area contributed by atoms with E-state index in [0.29, 0.717) is 19.3 Å². The van der Waals surface area contributed by atoms with E-state index in [1.165, 1.54) is 19.3 Å². The summed E-state index contributed by atoms with van der Waals surface area (Å²) in [6, 6.07) is 0. The van der Waals surface area contributed by atoms with Crippen LogP contribution in [0, 0.1) is 0 Å². The summed E-state index contributed by atoms with van der Waals surface area (Å²) in [5, 5.41) is 0. The van der Waals surface area contributed by atoms with E-state index in [1.807, 2.05) is 0 Å². The monoisotopic (exact) mass is 1040 g/mol. The van der Waals surface area contributed by atoms with E-state index in [2.05, 4.69) is 191 Å². The molecule has 0 saturated heterocycles. The van der Waals surface area contributed by atoms with Gasteiger partial charge in [-0.3, -0.25) is 14.4 Å². The number of carbonyl (C=O) groups is 3. The fourth-order valence-corrected chi connectivity index (χ4v) is 7.46. The topological polar surface area (TPSA) is 78.9 Å². The molecule has 0 radical (unpaired) electrons. The Morgan fingerprint density at radius 3 is 0.829 bits per heavy atom. The first kappa shape index (κ1) is 70.8. The Morgan fingerprint density at radius 2 is 0.513 bits per heavy atom. The Hall–Kier alpha value is -5.23. The van der Waals surface area contributed by atoms with Gasteiger partial charge in [-0.05, 0) is 148 Å². The van der Waals surface area contributed by atoms with Crippen molar-refractivity contribution in [2.45, 2.75) is 239 Å². The summed E-state index contributed by atoms with van der Waals surface area (Å²) in [7, 11) is 0. The number of ether oxygens (including phenoxy) is 3. The van der Waals surface area contributed by atoms with Crippen LogP contribution in [-0.2, 0) is 28.6 Å². The molecule has 1 unspecified atom stereocenters. The first-order chi connectivity index (χ1) is 37.5. The molecule has 0 aromatic rings. The van der Waals surface area contributed by atoms with Crippen LogP contribution in [0.15, 0.2) is 170 Å². The number of esters is 3. The normalized spacial score (nSPS) is 13.4. The van der Waals surface area contributed by atoms with E-state index < -0.39 is 6.10 Å². The lowest BCUT2D eigenvalue weighted by atomic mass is 10.1.